The van der Waals surface area contributed by atoms with Gasteiger partial charge in [-0.05, 0) is 25.3 Å². The number of aromatic nitrogens is 2. The number of aryl methyl sites for hydroxylation is 3. The molecule has 0 fully saturated rings. The molecule has 68 valence electrons. The average Bonchev–Trinajstić information content (AvgIpc) is 2.43. The normalized spacial score (nSPS) is 10.6. The van der Waals surface area contributed by atoms with E-state index in [1.165, 1.54) is 5.69 Å². The Morgan fingerprint density at radius 1 is 1.58 bits per heavy atom. The van der Waals surface area contributed by atoms with Crippen LogP contribution in [0.25, 0.3) is 0 Å². The maximum absolute atomic E-state index is 8.65. The van der Waals surface area contributed by atoms with Crippen molar-refractivity contribution in [1.82, 2.24) is 9.78 Å². The van der Waals surface area contributed by atoms with E-state index in [-0.39, 0.29) is 6.61 Å². The molecule has 0 aliphatic heterocycles. The van der Waals surface area contributed by atoms with Crippen LogP contribution in [0.5, 0.6) is 0 Å². The lowest BCUT2D eigenvalue weighted by Crippen LogP contribution is -1.99. The molecular formula is C9H16N2O. The Labute approximate surface area is 73.0 Å². The van der Waals surface area contributed by atoms with Crippen molar-refractivity contribution in [1.29, 1.82) is 0 Å². The molecule has 0 aromatic carbocycles. The van der Waals surface area contributed by atoms with Crippen LogP contribution in [0.15, 0.2) is 6.07 Å². The summed E-state index contributed by atoms with van der Waals surface area (Å²) in [6.07, 6.45) is 2.72. The minimum absolute atomic E-state index is 0.257. The third kappa shape index (κ3) is 2.08. The second kappa shape index (κ2) is 4.26. The fourth-order valence-corrected chi connectivity index (χ4v) is 1.24. The summed E-state index contributed by atoms with van der Waals surface area (Å²) in [7, 11) is 1.95. The van der Waals surface area contributed by atoms with Crippen LogP contribution in [0, 0.1) is 0 Å². The fraction of sp³-hybridized carbons (Fsp3) is 0.667. The van der Waals surface area contributed by atoms with E-state index in [0.717, 1.165) is 25.0 Å². The highest BCUT2D eigenvalue weighted by Crippen LogP contribution is 2.05. The van der Waals surface area contributed by atoms with E-state index in [9.17, 15) is 0 Å². The van der Waals surface area contributed by atoms with Gasteiger partial charge in [0.1, 0.15) is 0 Å². The first-order valence-corrected chi connectivity index (χ1v) is 4.40. The van der Waals surface area contributed by atoms with Crippen LogP contribution in [0.4, 0.5) is 0 Å². The smallest absolute Gasteiger partial charge is 0.0624 e. The summed E-state index contributed by atoms with van der Waals surface area (Å²) in [5.41, 5.74) is 2.34. The van der Waals surface area contributed by atoms with Crippen molar-refractivity contribution in [2.45, 2.75) is 26.2 Å². The van der Waals surface area contributed by atoms with Gasteiger partial charge in [0.15, 0.2) is 0 Å². The molecule has 0 saturated heterocycles. The van der Waals surface area contributed by atoms with Gasteiger partial charge in [-0.25, -0.2) is 0 Å². The molecule has 3 heteroatoms. The monoisotopic (exact) mass is 168 g/mol. The Morgan fingerprint density at radius 2 is 2.33 bits per heavy atom. The number of aliphatic hydroxyl groups is 1. The zero-order chi connectivity index (χ0) is 8.97. The van der Waals surface area contributed by atoms with Gasteiger partial charge in [0.25, 0.3) is 0 Å². The number of hydrogen-bond acceptors (Lipinski definition) is 2. The van der Waals surface area contributed by atoms with Crippen molar-refractivity contribution in [3.8, 4) is 0 Å². The first-order valence-electron chi connectivity index (χ1n) is 4.40. The zero-order valence-corrected chi connectivity index (χ0v) is 7.75. The number of nitrogens with zero attached hydrogens (tertiary/aromatic N) is 2. The Morgan fingerprint density at radius 3 is 2.83 bits per heavy atom. The second-order valence-electron chi connectivity index (χ2n) is 2.93. The molecule has 0 unspecified atom stereocenters. The molecule has 0 atom stereocenters. The van der Waals surface area contributed by atoms with Crippen LogP contribution >= 0.6 is 0 Å². The molecule has 0 saturated carbocycles. The first-order chi connectivity index (χ1) is 5.77. The van der Waals surface area contributed by atoms with E-state index in [4.69, 9.17) is 5.11 Å². The summed E-state index contributed by atoms with van der Waals surface area (Å²) in [6.45, 7) is 2.35. The summed E-state index contributed by atoms with van der Waals surface area (Å²) in [5, 5.41) is 13.0. The van der Waals surface area contributed by atoms with Crippen LogP contribution in [0.1, 0.15) is 24.7 Å². The summed E-state index contributed by atoms with van der Waals surface area (Å²) < 4.78 is 1.90. The Hall–Kier alpha value is -0.830. The lowest BCUT2D eigenvalue weighted by atomic mass is 10.2. The molecule has 1 aromatic rings. The topological polar surface area (TPSA) is 38.0 Å². The summed E-state index contributed by atoms with van der Waals surface area (Å²) in [5.74, 6) is 0. The molecule has 0 bridgehead atoms. The van der Waals surface area contributed by atoms with Gasteiger partial charge in [-0.1, -0.05) is 6.92 Å². The van der Waals surface area contributed by atoms with Gasteiger partial charge in [0.2, 0.25) is 0 Å². The van der Waals surface area contributed by atoms with Gasteiger partial charge < -0.3 is 5.11 Å². The summed E-state index contributed by atoms with van der Waals surface area (Å²) in [4.78, 5) is 0. The highest BCUT2D eigenvalue weighted by molar-refractivity contribution is 5.10. The van der Waals surface area contributed by atoms with Gasteiger partial charge in [-0.15, -0.1) is 0 Å². The molecule has 0 aliphatic rings. The summed E-state index contributed by atoms with van der Waals surface area (Å²) >= 11 is 0. The minimum Gasteiger partial charge on any atom is -0.396 e. The summed E-state index contributed by atoms with van der Waals surface area (Å²) in [6, 6.07) is 2.11. The van der Waals surface area contributed by atoms with E-state index >= 15 is 0 Å². The van der Waals surface area contributed by atoms with Gasteiger partial charge >= 0.3 is 0 Å². The van der Waals surface area contributed by atoms with Crippen LogP contribution in [0.3, 0.4) is 0 Å². The molecule has 1 rings (SSSR count). The SMILES string of the molecule is CCc1cc(CCCO)n(C)n1. The molecule has 0 aliphatic carbocycles. The largest absolute Gasteiger partial charge is 0.396 e. The number of hydrogen-bond donors (Lipinski definition) is 1. The minimum atomic E-state index is 0.257. The predicted octanol–water partition coefficient (Wildman–Crippen LogP) is 0.907. The molecule has 1 aromatic heterocycles. The van der Waals surface area contributed by atoms with Crippen LogP contribution < -0.4 is 0 Å². The van der Waals surface area contributed by atoms with E-state index in [2.05, 4.69) is 18.1 Å². The van der Waals surface area contributed by atoms with Crippen molar-refractivity contribution in [2.75, 3.05) is 6.61 Å². The van der Waals surface area contributed by atoms with Crippen molar-refractivity contribution in [3.63, 3.8) is 0 Å². The third-order valence-electron chi connectivity index (χ3n) is 1.98. The highest BCUT2D eigenvalue weighted by Gasteiger charge is 2.02. The van der Waals surface area contributed by atoms with Crippen molar-refractivity contribution < 1.29 is 5.11 Å². The number of aliphatic hydroxyl groups excluding tert-OH is 1. The van der Waals surface area contributed by atoms with Crippen molar-refractivity contribution in [2.24, 2.45) is 7.05 Å². The fourth-order valence-electron chi connectivity index (χ4n) is 1.24. The van der Waals surface area contributed by atoms with E-state index in [0.29, 0.717) is 0 Å². The lowest BCUT2D eigenvalue weighted by molar-refractivity contribution is 0.287. The van der Waals surface area contributed by atoms with Crippen LogP contribution in [-0.4, -0.2) is 21.5 Å². The van der Waals surface area contributed by atoms with Crippen molar-refractivity contribution >= 4 is 0 Å². The van der Waals surface area contributed by atoms with E-state index in [1.54, 1.807) is 0 Å². The van der Waals surface area contributed by atoms with Gasteiger partial charge in [-0.3, -0.25) is 4.68 Å². The molecule has 0 spiro atoms. The molecule has 1 N–H and O–H groups in total. The molecule has 0 radical (unpaired) electrons. The molecule has 0 amide bonds. The molecular weight excluding hydrogens is 152 g/mol. The van der Waals surface area contributed by atoms with Gasteiger partial charge in [0.05, 0.1) is 5.69 Å². The predicted molar refractivity (Wildman–Crippen MR) is 48.0 cm³/mol. The Kier molecular flexibility index (Phi) is 3.29. The Bertz CT molecular complexity index is 243. The van der Waals surface area contributed by atoms with Crippen LogP contribution in [-0.2, 0) is 19.9 Å². The maximum Gasteiger partial charge on any atom is 0.0624 e. The standard InChI is InChI=1S/C9H16N2O/c1-3-8-7-9(5-4-6-12)11(2)10-8/h7,12H,3-6H2,1-2H3. The van der Waals surface area contributed by atoms with E-state index in [1.807, 2.05) is 11.7 Å². The van der Waals surface area contributed by atoms with E-state index < -0.39 is 0 Å². The van der Waals surface area contributed by atoms with Crippen LogP contribution in [0.2, 0.25) is 0 Å². The maximum atomic E-state index is 8.65. The zero-order valence-electron chi connectivity index (χ0n) is 7.75. The van der Waals surface area contributed by atoms with Crippen molar-refractivity contribution in [3.05, 3.63) is 17.5 Å². The quantitative estimate of drug-likeness (QED) is 0.725. The molecule has 1 heterocycles. The second-order valence-corrected chi connectivity index (χ2v) is 2.93. The van der Waals surface area contributed by atoms with Gasteiger partial charge in [-0.2, -0.15) is 5.10 Å². The molecule has 3 nitrogen and oxygen atoms in total. The third-order valence-corrected chi connectivity index (χ3v) is 1.98. The van der Waals surface area contributed by atoms with Gasteiger partial charge in [0, 0.05) is 19.3 Å². The molecule has 12 heavy (non-hydrogen) atoms. The highest BCUT2D eigenvalue weighted by atomic mass is 16.2. The average molecular weight is 168 g/mol. The number of rotatable bonds is 4. The lowest BCUT2D eigenvalue weighted by Gasteiger charge is -1.97. The Balaban J connectivity index is 2.64. The first kappa shape index (κ1) is 9.26.